The standard InChI is InChI=1S/C12H21N5/c1-2-17-8-10(7-14-17)12(13)11-9-15-3-5-16(11)6-4-15/h7-8,11-12H,2-6,9,13H2,1H3. The highest BCUT2D eigenvalue weighted by Crippen LogP contribution is 2.25. The summed E-state index contributed by atoms with van der Waals surface area (Å²) >= 11 is 0. The molecule has 5 nitrogen and oxygen atoms in total. The molecule has 1 aromatic rings. The van der Waals surface area contributed by atoms with Gasteiger partial charge in [0.2, 0.25) is 0 Å². The lowest BCUT2D eigenvalue weighted by Crippen LogP contribution is -2.63. The Bertz CT molecular complexity index is 380. The quantitative estimate of drug-likeness (QED) is 0.795. The minimum absolute atomic E-state index is 0.0957. The van der Waals surface area contributed by atoms with E-state index in [2.05, 4.69) is 28.0 Å². The molecule has 5 heteroatoms. The molecule has 3 aliphatic rings. The molecule has 17 heavy (non-hydrogen) atoms. The Morgan fingerprint density at radius 1 is 1.41 bits per heavy atom. The van der Waals surface area contributed by atoms with E-state index >= 15 is 0 Å². The van der Waals surface area contributed by atoms with Crippen LogP contribution in [0.25, 0.3) is 0 Å². The largest absolute Gasteiger partial charge is 0.323 e. The summed E-state index contributed by atoms with van der Waals surface area (Å²) in [6, 6.07) is 0.561. The number of hydrogen-bond donors (Lipinski definition) is 1. The zero-order valence-corrected chi connectivity index (χ0v) is 10.4. The van der Waals surface area contributed by atoms with Gasteiger partial charge in [-0.25, -0.2) is 0 Å². The summed E-state index contributed by atoms with van der Waals surface area (Å²) in [5.41, 5.74) is 7.57. The minimum Gasteiger partial charge on any atom is -0.323 e. The van der Waals surface area contributed by atoms with Crippen molar-refractivity contribution in [2.75, 3.05) is 32.7 Å². The smallest absolute Gasteiger partial charge is 0.0538 e. The molecule has 3 aliphatic heterocycles. The maximum absolute atomic E-state index is 6.40. The molecular formula is C12H21N5. The fourth-order valence-electron chi connectivity index (χ4n) is 2.95. The summed E-state index contributed by atoms with van der Waals surface area (Å²) in [7, 11) is 0. The Hall–Kier alpha value is -0.910. The van der Waals surface area contributed by atoms with Crippen molar-refractivity contribution in [2.45, 2.75) is 25.6 Å². The number of hydrogen-bond acceptors (Lipinski definition) is 4. The molecule has 0 aromatic carbocycles. The summed E-state index contributed by atoms with van der Waals surface area (Å²) in [5.74, 6) is 0. The molecule has 2 atom stereocenters. The second-order valence-electron chi connectivity index (χ2n) is 5.06. The van der Waals surface area contributed by atoms with Crippen LogP contribution in [-0.2, 0) is 6.54 Å². The van der Waals surface area contributed by atoms with Crippen LogP contribution in [-0.4, -0.2) is 58.3 Å². The van der Waals surface area contributed by atoms with Gasteiger partial charge in [0.25, 0.3) is 0 Å². The monoisotopic (exact) mass is 235 g/mol. The Kier molecular flexibility index (Phi) is 2.90. The molecule has 2 bridgehead atoms. The van der Waals surface area contributed by atoms with Crippen molar-refractivity contribution in [1.29, 1.82) is 0 Å². The third kappa shape index (κ3) is 1.99. The number of aromatic nitrogens is 2. The maximum atomic E-state index is 6.40. The molecule has 94 valence electrons. The number of piperazine rings is 3. The second-order valence-corrected chi connectivity index (χ2v) is 5.06. The number of aryl methyl sites for hydroxylation is 1. The predicted octanol–water partition coefficient (Wildman–Crippen LogP) is -0.0974. The molecule has 0 spiro atoms. The number of nitrogens with two attached hydrogens (primary N) is 1. The van der Waals surface area contributed by atoms with E-state index in [1.807, 2.05) is 10.9 Å². The molecule has 3 fully saturated rings. The fraction of sp³-hybridized carbons (Fsp3) is 0.750. The van der Waals surface area contributed by atoms with Crippen LogP contribution < -0.4 is 5.73 Å². The third-order valence-corrected chi connectivity index (χ3v) is 4.10. The zero-order valence-electron chi connectivity index (χ0n) is 10.4. The van der Waals surface area contributed by atoms with Crippen LogP contribution in [0.1, 0.15) is 18.5 Å². The van der Waals surface area contributed by atoms with Gasteiger partial charge in [-0.1, -0.05) is 0 Å². The molecule has 2 unspecified atom stereocenters. The van der Waals surface area contributed by atoms with E-state index in [1.165, 1.54) is 31.7 Å². The van der Waals surface area contributed by atoms with E-state index in [4.69, 9.17) is 5.73 Å². The van der Waals surface area contributed by atoms with Crippen molar-refractivity contribution in [2.24, 2.45) is 5.73 Å². The first-order chi connectivity index (χ1) is 8.28. The fourth-order valence-corrected chi connectivity index (χ4v) is 2.95. The van der Waals surface area contributed by atoms with Gasteiger partial charge in [-0.15, -0.1) is 0 Å². The van der Waals surface area contributed by atoms with E-state index in [0.29, 0.717) is 6.04 Å². The van der Waals surface area contributed by atoms with Crippen molar-refractivity contribution in [3.05, 3.63) is 18.0 Å². The van der Waals surface area contributed by atoms with E-state index in [-0.39, 0.29) is 6.04 Å². The summed E-state index contributed by atoms with van der Waals surface area (Å²) < 4.78 is 1.95. The topological polar surface area (TPSA) is 50.3 Å². The third-order valence-electron chi connectivity index (χ3n) is 4.10. The molecular weight excluding hydrogens is 214 g/mol. The Morgan fingerprint density at radius 3 is 2.71 bits per heavy atom. The lowest BCUT2D eigenvalue weighted by Gasteiger charge is -2.49. The van der Waals surface area contributed by atoms with Gasteiger partial charge in [0.1, 0.15) is 0 Å². The van der Waals surface area contributed by atoms with Crippen LogP contribution in [0.3, 0.4) is 0 Å². The molecule has 0 amide bonds. The number of rotatable bonds is 3. The average molecular weight is 235 g/mol. The van der Waals surface area contributed by atoms with Crippen LogP contribution >= 0.6 is 0 Å². The van der Waals surface area contributed by atoms with Gasteiger partial charge >= 0.3 is 0 Å². The molecule has 3 saturated heterocycles. The highest BCUT2D eigenvalue weighted by atomic mass is 15.4. The first kappa shape index (κ1) is 11.2. The number of fused-ring (bicyclic) bond motifs is 3. The first-order valence-corrected chi connectivity index (χ1v) is 6.52. The number of nitrogens with zero attached hydrogens (tertiary/aromatic N) is 4. The Labute approximate surface area is 102 Å². The van der Waals surface area contributed by atoms with Crippen LogP contribution in [0.4, 0.5) is 0 Å². The molecule has 0 saturated carbocycles. The van der Waals surface area contributed by atoms with Gasteiger partial charge in [-0.2, -0.15) is 5.10 Å². The highest BCUT2D eigenvalue weighted by molar-refractivity contribution is 5.14. The van der Waals surface area contributed by atoms with Gasteiger partial charge in [-0.3, -0.25) is 14.5 Å². The molecule has 0 radical (unpaired) electrons. The Morgan fingerprint density at radius 2 is 2.18 bits per heavy atom. The molecule has 0 aliphatic carbocycles. The zero-order chi connectivity index (χ0) is 11.8. The van der Waals surface area contributed by atoms with Gasteiger partial charge in [0, 0.05) is 63.1 Å². The lowest BCUT2D eigenvalue weighted by atomic mass is 9.97. The average Bonchev–Trinajstić information content (AvgIpc) is 2.88. The van der Waals surface area contributed by atoms with E-state index in [0.717, 1.165) is 13.1 Å². The van der Waals surface area contributed by atoms with Crippen molar-refractivity contribution in [3.8, 4) is 0 Å². The van der Waals surface area contributed by atoms with E-state index in [1.54, 1.807) is 0 Å². The van der Waals surface area contributed by atoms with Gasteiger partial charge in [-0.05, 0) is 6.92 Å². The highest BCUT2D eigenvalue weighted by Gasteiger charge is 2.36. The van der Waals surface area contributed by atoms with Gasteiger partial charge in [0.15, 0.2) is 0 Å². The van der Waals surface area contributed by atoms with Crippen LogP contribution in [0, 0.1) is 0 Å². The second kappa shape index (κ2) is 4.40. The van der Waals surface area contributed by atoms with Crippen molar-refractivity contribution in [1.82, 2.24) is 19.6 Å². The van der Waals surface area contributed by atoms with E-state index in [9.17, 15) is 0 Å². The Balaban J connectivity index is 1.75. The van der Waals surface area contributed by atoms with Gasteiger partial charge in [0.05, 0.1) is 6.20 Å². The molecule has 1 aromatic heterocycles. The first-order valence-electron chi connectivity index (χ1n) is 6.52. The van der Waals surface area contributed by atoms with Crippen LogP contribution in [0.5, 0.6) is 0 Å². The lowest BCUT2D eigenvalue weighted by molar-refractivity contribution is 0.00213. The van der Waals surface area contributed by atoms with E-state index < -0.39 is 0 Å². The molecule has 2 N–H and O–H groups in total. The summed E-state index contributed by atoms with van der Waals surface area (Å²) in [6.07, 6.45) is 4.01. The van der Waals surface area contributed by atoms with Crippen molar-refractivity contribution in [3.63, 3.8) is 0 Å². The van der Waals surface area contributed by atoms with Crippen molar-refractivity contribution >= 4 is 0 Å². The molecule has 4 heterocycles. The van der Waals surface area contributed by atoms with Crippen LogP contribution in [0.15, 0.2) is 12.4 Å². The normalized spacial score (nSPS) is 33.9. The van der Waals surface area contributed by atoms with Crippen molar-refractivity contribution < 1.29 is 0 Å². The van der Waals surface area contributed by atoms with Crippen LogP contribution in [0.2, 0.25) is 0 Å². The molecule has 4 rings (SSSR count). The SMILES string of the molecule is CCn1cc(C(N)C2CN3CCN2CC3)cn1. The van der Waals surface area contributed by atoms with Gasteiger partial charge < -0.3 is 5.73 Å². The predicted molar refractivity (Wildman–Crippen MR) is 66.6 cm³/mol. The summed E-state index contributed by atoms with van der Waals surface area (Å²) in [6.45, 7) is 8.86. The maximum Gasteiger partial charge on any atom is 0.0538 e. The minimum atomic E-state index is 0.0957. The summed E-state index contributed by atoms with van der Waals surface area (Å²) in [4.78, 5) is 5.06. The summed E-state index contributed by atoms with van der Waals surface area (Å²) in [5, 5.41) is 4.32.